The van der Waals surface area contributed by atoms with Gasteiger partial charge in [-0.25, -0.2) is 5.43 Å². The number of ether oxygens (including phenoxy) is 3. The molecule has 3 rings (SSSR count). The van der Waals surface area contributed by atoms with Crippen molar-refractivity contribution < 1.29 is 19.0 Å². The second kappa shape index (κ2) is 7.88. The van der Waals surface area contributed by atoms with Gasteiger partial charge in [-0.05, 0) is 29.2 Å². The molecule has 1 heterocycles. The van der Waals surface area contributed by atoms with E-state index in [4.69, 9.17) is 25.8 Å². The highest BCUT2D eigenvalue weighted by Gasteiger charge is 2.16. The first-order valence-electron chi connectivity index (χ1n) is 8.47. The molecule has 27 heavy (non-hydrogen) atoms. The summed E-state index contributed by atoms with van der Waals surface area (Å²) in [6, 6.07) is 11.0. The molecule has 0 radical (unpaired) electrons. The van der Waals surface area contributed by atoms with Gasteiger partial charge in [0.15, 0.2) is 18.1 Å². The number of benzene rings is 2. The Hall–Kier alpha value is -2.73. The highest BCUT2D eigenvalue weighted by atomic mass is 35.5. The summed E-state index contributed by atoms with van der Waals surface area (Å²) in [5.41, 5.74) is 4.29. The predicted molar refractivity (Wildman–Crippen MR) is 104 cm³/mol. The number of rotatable bonds is 5. The van der Waals surface area contributed by atoms with E-state index in [0.717, 1.165) is 0 Å². The molecule has 0 saturated heterocycles. The molecule has 7 heteroatoms. The fourth-order valence-corrected chi connectivity index (χ4v) is 2.64. The van der Waals surface area contributed by atoms with Crippen LogP contribution in [0.15, 0.2) is 41.5 Å². The number of hydrogen-bond acceptors (Lipinski definition) is 5. The van der Waals surface area contributed by atoms with Crippen LogP contribution in [-0.4, -0.2) is 25.5 Å². The minimum atomic E-state index is -0.372. The van der Waals surface area contributed by atoms with E-state index >= 15 is 0 Å². The summed E-state index contributed by atoms with van der Waals surface area (Å²) >= 11 is 6.14. The fourth-order valence-electron chi connectivity index (χ4n) is 2.44. The summed E-state index contributed by atoms with van der Waals surface area (Å²) in [4.78, 5) is 11.9. The van der Waals surface area contributed by atoms with E-state index in [2.05, 4.69) is 31.3 Å². The highest BCUT2D eigenvalue weighted by molar-refractivity contribution is 6.33. The van der Waals surface area contributed by atoms with E-state index in [1.807, 2.05) is 24.3 Å². The van der Waals surface area contributed by atoms with Crippen LogP contribution in [0.2, 0.25) is 5.02 Å². The SMILES string of the molecule is CC(C)(C)c1ccc(OCC(=O)N/N=C\c2cc3c(cc2Cl)OCO3)cc1. The number of carbonyl (C=O) groups excluding carboxylic acids is 1. The van der Waals surface area contributed by atoms with Gasteiger partial charge < -0.3 is 14.2 Å². The smallest absolute Gasteiger partial charge is 0.277 e. The van der Waals surface area contributed by atoms with E-state index < -0.39 is 0 Å². The Kier molecular flexibility index (Phi) is 5.56. The average Bonchev–Trinajstić information content (AvgIpc) is 3.07. The number of hydrazone groups is 1. The molecule has 0 aliphatic carbocycles. The fraction of sp³-hybridized carbons (Fsp3) is 0.300. The molecule has 2 aromatic carbocycles. The molecule has 0 aromatic heterocycles. The van der Waals surface area contributed by atoms with Gasteiger partial charge in [0.25, 0.3) is 5.91 Å². The zero-order valence-corrected chi connectivity index (χ0v) is 16.2. The van der Waals surface area contributed by atoms with Crippen molar-refractivity contribution in [2.75, 3.05) is 13.4 Å². The lowest BCUT2D eigenvalue weighted by atomic mass is 9.87. The van der Waals surface area contributed by atoms with Crippen LogP contribution in [0.4, 0.5) is 0 Å². The lowest BCUT2D eigenvalue weighted by molar-refractivity contribution is -0.123. The molecule has 1 aliphatic rings. The summed E-state index contributed by atoms with van der Waals surface area (Å²) in [7, 11) is 0. The number of halogens is 1. The number of nitrogens with one attached hydrogen (secondary N) is 1. The molecule has 0 unspecified atom stereocenters. The number of amides is 1. The molecule has 142 valence electrons. The molecule has 0 spiro atoms. The Labute approximate surface area is 163 Å². The van der Waals surface area contributed by atoms with Crippen molar-refractivity contribution in [2.24, 2.45) is 5.10 Å². The molecule has 1 amide bonds. The van der Waals surface area contributed by atoms with Crippen molar-refractivity contribution in [2.45, 2.75) is 26.2 Å². The monoisotopic (exact) mass is 388 g/mol. The maximum Gasteiger partial charge on any atom is 0.277 e. The summed E-state index contributed by atoms with van der Waals surface area (Å²) in [5, 5.41) is 4.35. The number of nitrogens with zero attached hydrogens (tertiary/aromatic N) is 1. The molecule has 0 atom stereocenters. The van der Waals surface area contributed by atoms with Gasteiger partial charge in [-0.3, -0.25) is 4.79 Å². The standard InChI is InChI=1S/C20H21ClN2O4/c1-20(2,3)14-4-6-15(7-5-14)25-11-19(24)23-22-10-13-8-17-18(9-16(13)21)27-12-26-17/h4-10H,11-12H2,1-3H3,(H,23,24)/b22-10-. The van der Waals surface area contributed by atoms with Gasteiger partial charge in [0.2, 0.25) is 6.79 Å². The molecular weight excluding hydrogens is 368 g/mol. The third-order valence-corrected chi connectivity index (χ3v) is 4.30. The van der Waals surface area contributed by atoms with Gasteiger partial charge in [0, 0.05) is 11.6 Å². The van der Waals surface area contributed by atoms with Crippen LogP contribution in [0.1, 0.15) is 31.9 Å². The van der Waals surface area contributed by atoms with Gasteiger partial charge in [-0.15, -0.1) is 0 Å². The summed E-state index contributed by atoms with van der Waals surface area (Å²) in [5.74, 6) is 1.44. The first-order valence-corrected chi connectivity index (χ1v) is 8.85. The maximum absolute atomic E-state index is 11.9. The third-order valence-electron chi connectivity index (χ3n) is 3.98. The summed E-state index contributed by atoms with van der Waals surface area (Å²) in [6.45, 7) is 6.44. The van der Waals surface area contributed by atoms with Crippen molar-refractivity contribution in [3.8, 4) is 17.2 Å². The zero-order valence-electron chi connectivity index (χ0n) is 15.4. The van der Waals surface area contributed by atoms with E-state index in [9.17, 15) is 4.79 Å². The van der Waals surface area contributed by atoms with Crippen molar-refractivity contribution in [1.82, 2.24) is 5.43 Å². The van der Waals surface area contributed by atoms with E-state index in [1.165, 1.54) is 11.8 Å². The van der Waals surface area contributed by atoms with Gasteiger partial charge in [-0.1, -0.05) is 44.5 Å². The first kappa shape index (κ1) is 19.0. The van der Waals surface area contributed by atoms with Crippen LogP contribution in [0.25, 0.3) is 0 Å². The van der Waals surface area contributed by atoms with Crippen LogP contribution < -0.4 is 19.6 Å². The Bertz CT molecular complexity index is 858. The molecule has 0 bridgehead atoms. The van der Waals surface area contributed by atoms with Crippen molar-refractivity contribution >= 4 is 23.7 Å². The Morgan fingerprint density at radius 2 is 1.89 bits per heavy atom. The first-order chi connectivity index (χ1) is 12.8. The van der Waals surface area contributed by atoms with Crippen LogP contribution in [0, 0.1) is 0 Å². The molecule has 0 saturated carbocycles. The minimum absolute atomic E-state index is 0.0701. The normalized spacial score (nSPS) is 13.0. The highest BCUT2D eigenvalue weighted by Crippen LogP contribution is 2.36. The van der Waals surface area contributed by atoms with Gasteiger partial charge in [0.1, 0.15) is 5.75 Å². The van der Waals surface area contributed by atoms with E-state index in [-0.39, 0.29) is 24.7 Å². The molecule has 0 fully saturated rings. The predicted octanol–water partition coefficient (Wildman–Crippen LogP) is 3.90. The largest absolute Gasteiger partial charge is 0.484 e. The average molecular weight is 389 g/mol. The second-order valence-electron chi connectivity index (χ2n) is 7.08. The van der Waals surface area contributed by atoms with E-state index in [1.54, 1.807) is 12.1 Å². The van der Waals surface area contributed by atoms with Gasteiger partial charge >= 0.3 is 0 Å². The van der Waals surface area contributed by atoms with Crippen LogP contribution in [-0.2, 0) is 10.2 Å². The van der Waals surface area contributed by atoms with Crippen molar-refractivity contribution in [3.63, 3.8) is 0 Å². The number of carbonyl (C=O) groups is 1. The van der Waals surface area contributed by atoms with Crippen molar-refractivity contribution in [3.05, 3.63) is 52.5 Å². The maximum atomic E-state index is 11.9. The summed E-state index contributed by atoms with van der Waals surface area (Å²) < 4.78 is 16.0. The molecule has 1 N–H and O–H groups in total. The second-order valence-corrected chi connectivity index (χ2v) is 7.49. The summed E-state index contributed by atoms with van der Waals surface area (Å²) in [6.07, 6.45) is 1.44. The Morgan fingerprint density at radius 1 is 1.22 bits per heavy atom. The molecule has 1 aliphatic heterocycles. The lowest BCUT2D eigenvalue weighted by Crippen LogP contribution is -2.24. The van der Waals surface area contributed by atoms with Crippen LogP contribution >= 0.6 is 11.6 Å². The topological polar surface area (TPSA) is 69.2 Å². The minimum Gasteiger partial charge on any atom is -0.484 e. The Balaban J connectivity index is 1.51. The zero-order chi connectivity index (χ0) is 19.4. The van der Waals surface area contributed by atoms with Crippen LogP contribution in [0.3, 0.4) is 0 Å². The molecular formula is C20H21ClN2O4. The van der Waals surface area contributed by atoms with Gasteiger partial charge in [-0.2, -0.15) is 5.10 Å². The lowest BCUT2D eigenvalue weighted by Gasteiger charge is -2.19. The number of fused-ring (bicyclic) bond motifs is 1. The van der Waals surface area contributed by atoms with E-state index in [0.29, 0.717) is 27.8 Å². The Morgan fingerprint density at radius 3 is 2.56 bits per heavy atom. The number of hydrogen-bond donors (Lipinski definition) is 1. The third kappa shape index (κ3) is 4.92. The van der Waals surface area contributed by atoms with Crippen LogP contribution in [0.5, 0.6) is 17.2 Å². The van der Waals surface area contributed by atoms with Gasteiger partial charge in [0.05, 0.1) is 11.2 Å². The molecule has 6 nitrogen and oxygen atoms in total. The quantitative estimate of drug-likeness (QED) is 0.623. The molecule has 2 aromatic rings. The van der Waals surface area contributed by atoms with Crippen molar-refractivity contribution in [1.29, 1.82) is 0 Å².